The Bertz CT molecular complexity index is 298. The van der Waals surface area contributed by atoms with E-state index in [0.717, 1.165) is 5.56 Å². The molecule has 1 nitrogen and oxygen atoms in total. The van der Waals surface area contributed by atoms with E-state index in [4.69, 9.17) is 6.11 Å². The fraction of sp³-hybridized carbons (Fsp3) is 0.231. The summed E-state index contributed by atoms with van der Waals surface area (Å²) in [4.78, 5) is 0. The zero-order valence-corrected chi connectivity index (χ0v) is 9.85. The van der Waals surface area contributed by atoms with Crippen LogP contribution in [0.1, 0.15) is 13.9 Å². The van der Waals surface area contributed by atoms with Gasteiger partial charge in [-0.3, -0.25) is 0 Å². The second kappa shape index (κ2) is 9.72. The molecule has 15 heavy (non-hydrogen) atoms. The molecule has 0 aliphatic heterocycles. The van der Waals surface area contributed by atoms with Gasteiger partial charge < -0.3 is 4.74 Å². The largest absolute Gasteiger partial charge is 2.00 e. The van der Waals surface area contributed by atoms with Crippen LogP contribution >= 0.6 is 0 Å². The van der Waals surface area contributed by atoms with Gasteiger partial charge in [0.25, 0.3) is 0 Å². The summed E-state index contributed by atoms with van der Waals surface area (Å²) in [6, 6.07) is 17.6. The summed E-state index contributed by atoms with van der Waals surface area (Å²) in [5.74, 6) is 0. The Kier molecular flexibility index (Phi) is 7.94. The third-order valence-electron chi connectivity index (χ3n) is 1.63. The van der Waals surface area contributed by atoms with Gasteiger partial charge in [0.15, 0.2) is 0 Å². The van der Waals surface area contributed by atoms with E-state index < -0.39 is 6.58 Å². The standard InChI is InChI=1S/C8H11O.C5H5.Fe/c1-2-9-7-8-5-3-4-6-8;1-2-4-5-3-1;/h3-6H,2,7H2,1H3;1-5H;/q2*-1;+2/i7D;;. The molecule has 0 saturated carbocycles. The maximum Gasteiger partial charge on any atom is 2.00 e. The predicted molar refractivity (Wildman–Crippen MR) is 59.4 cm³/mol. The molecule has 0 fully saturated rings. The van der Waals surface area contributed by atoms with Crippen molar-refractivity contribution in [2.24, 2.45) is 0 Å². The number of rotatable bonds is 3. The molecule has 82 valence electrons. The monoisotopic (exact) mass is 245 g/mol. The first kappa shape index (κ1) is 12.3. The minimum atomic E-state index is -0.500. The van der Waals surface area contributed by atoms with Gasteiger partial charge in [0.05, 0.1) is 0 Å². The van der Waals surface area contributed by atoms with Gasteiger partial charge in [-0.25, -0.2) is 24.3 Å². The Morgan fingerprint density at radius 1 is 1.20 bits per heavy atom. The molecule has 2 heteroatoms. The molecule has 2 rings (SSSR count). The fourth-order valence-electron chi connectivity index (χ4n) is 0.968. The maximum atomic E-state index is 7.41. The zero-order valence-electron chi connectivity index (χ0n) is 9.74. The molecule has 2 aromatic rings. The van der Waals surface area contributed by atoms with Crippen molar-refractivity contribution in [2.75, 3.05) is 6.61 Å². The van der Waals surface area contributed by atoms with Crippen molar-refractivity contribution in [3.05, 3.63) is 60.2 Å². The average molecular weight is 245 g/mol. The topological polar surface area (TPSA) is 9.23 Å². The summed E-state index contributed by atoms with van der Waals surface area (Å²) < 4.78 is 12.5. The van der Waals surface area contributed by atoms with Crippen LogP contribution in [0, 0.1) is 0 Å². The first-order chi connectivity index (χ1) is 7.34. The molecule has 0 aromatic heterocycles. The van der Waals surface area contributed by atoms with Crippen molar-refractivity contribution in [2.45, 2.75) is 13.5 Å². The third kappa shape index (κ3) is 7.15. The van der Waals surface area contributed by atoms with E-state index in [1.165, 1.54) is 0 Å². The van der Waals surface area contributed by atoms with Gasteiger partial charge in [0, 0.05) is 14.6 Å². The van der Waals surface area contributed by atoms with Gasteiger partial charge in [0.2, 0.25) is 0 Å². The molecule has 1 atom stereocenters. The van der Waals surface area contributed by atoms with E-state index in [1.54, 1.807) is 0 Å². The summed E-state index contributed by atoms with van der Waals surface area (Å²) in [7, 11) is 0. The Balaban J connectivity index is 0.000000318. The average Bonchev–Trinajstić information content (AvgIpc) is 2.95. The molecule has 1 unspecified atom stereocenters. The van der Waals surface area contributed by atoms with Crippen LogP contribution in [-0.2, 0) is 28.4 Å². The minimum Gasteiger partial charge on any atom is -0.389 e. The number of ether oxygens (including phenoxy) is 1. The van der Waals surface area contributed by atoms with Crippen molar-refractivity contribution in [1.82, 2.24) is 0 Å². The zero-order chi connectivity index (χ0) is 10.9. The molecule has 0 heterocycles. The predicted octanol–water partition coefficient (Wildman–Crippen LogP) is 3.35. The second-order valence-electron chi connectivity index (χ2n) is 2.75. The summed E-state index contributed by atoms with van der Waals surface area (Å²) in [6.45, 7) is 1.99. The third-order valence-corrected chi connectivity index (χ3v) is 1.63. The summed E-state index contributed by atoms with van der Waals surface area (Å²) in [6.07, 6.45) is 0. The van der Waals surface area contributed by atoms with Gasteiger partial charge >= 0.3 is 17.1 Å². The van der Waals surface area contributed by atoms with Crippen LogP contribution in [0.25, 0.3) is 0 Å². The van der Waals surface area contributed by atoms with Crippen molar-refractivity contribution in [1.29, 1.82) is 0 Å². The SMILES string of the molecule is [2H]C(OCC)[c-]1cccc1.[Fe+2].c1cc[cH-]c1. The van der Waals surface area contributed by atoms with Crippen LogP contribution in [0.3, 0.4) is 0 Å². The van der Waals surface area contributed by atoms with E-state index in [1.807, 2.05) is 61.5 Å². The smallest absolute Gasteiger partial charge is 0.389 e. The summed E-state index contributed by atoms with van der Waals surface area (Å²) >= 11 is 0. The van der Waals surface area contributed by atoms with Crippen LogP contribution < -0.4 is 0 Å². The van der Waals surface area contributed by atoms with Gasteiger partial charge in [-0.05, 0) is 6.92 Å². The van der Waals surface area contributed by atoms with Crippen LogP contribution in [0.2, 0.25) is 0 Å². The normalized spacial score (nSPS) is 11.7. The van der Waals surface area contributed by atoms with Crippen molar-refractivity contribution in [3.8, 4) is 0 Å². The van der Waals surface area contributed by atoms with Gasteiger partial charge in [-0.15, -0.1) is 5.56 Å². The first-order valence-corrected chi connectivity index (χ1v) is 4.76. The van der Waals surface area contributed by atoms with Crippen molar-refractivity contribution < 1.29 is 23.2 Å². The molecule has 2 aromatic carbocycles. The summed E-state index contributed by atoms with van der Waals surface area (Å²) in [5.41, 5.74) is 0.932. The van der Waals surface area contributed by atoms with E-state index in [9.17, 15) is 0 Å². The van der Waals surface area contributed by atoms with E-state index >= 15 is 0 Å². The molecule has 0 radical (unpaired) electrons. The molecule has 0 saturated heterocycles. The Morgan fingerprint density at radius 3 is 2.20 bits per heavy atom. The van der Waals surface area contributed by atoms with Crippen molar-refractivity contribution >= 4 is 0 Å². The summed E-state index contributed by atoms with van der Waals surface area (Å²) in [5, 5.41) is 0. The minimum absolute atomic E-state index is 0. The molecule has 0 N–H and O–H groups in total. The van der Waals surface area contributed by atoms with Crippen LogP contribution in [0.4, 0.5) is 0 Å². The maximum absolute atomic E-state index is 7.41. The van der Waals surface area contributed by atoms with Gasteiger partial charge in [0.1, 0.15) is 0 Å². The van der Waals surface area contributed by atoms with Gasteiger partial charge in [-0.2, -0.15) is 30.3 Å². The molecule has 0 bridgehead atoms. The van der Waals surface area contributed by atoms with E-state index in [0.29, 0.717) is 6.61 Å². The fourth-order valence-corrected chi connectivity index (χ4v) is 0.968. The molecule has 0 aliphatic rings. The second-order valence-corrected chi connectivity index (χ2v) is 2.75. The quantitative estimate of drug-likeness (QED) is 0.595. The first-order valence-electron chi connectivity index (χ1n) is 5.34. The molecular formula is C13H16FeO. The van der Waals surface area contributed by atoms with Crippen LogP contribution in [-0.4, -0.2) is 6.61 Å². The number of hydrogen-bond acceptors (Lipinski definition) is 1. The molecular weight excluding hydrogens is 228 g/mol. The van der Waals surface area contributed by atoms with E-state index in [2.05, 4.69) is 0 Å². The van der Waals surface area contributed by atoms with E-state index in [-0.39, 0.29) is 17.1 Å². The van der Waals surface area contributed by atoms with Crippen LogP contribution in [0.15, 0.2) is 54.6 Å². The van der Waals surface area contributed by atoms with Crippen molar-refractivity contribution in [3.63, 3.8) is 0 Å². The molecule has 0 spiro atoms. The number of hydrogen-bond donors (Lipinski definition) is 0. The molecule has 0 amide bonds. The van der Waals surface area contributed by atoms with Gasteiger partial charge in [-0.1, -0.05) is 0 Å². The Morgan fingerprint density at radius 2 is 1.80 bits per heavy atom. The molecule has 0 aliphatic carbocycles. The van der Waals surface area contributed by atoms with Crippen LogP contribution in [0.5, 0.6) is 0 Å². The Labute approximate surface area is 104 Å². The Hall–Kier alpha value is -0.821.